The van der Waals surface area contributed by atoms with Gasteiger partial charge in [0.05, 0.1) is 26.2 Å². The topological polar surface area (TPSA) is 44.8 Å². The fourth-order valence-electron chi connectivity index (χ4n) is 2.40. The molecule has 8 heteroatoms. The fourth-order valence-corrected chi connectivity index (χ4v) is 2.40. The van der Waals surface area contributed by atoms with Crippen LogP contribution in [0, 0.1) is 0 Å². The Balaban J connectivity index is 2.37. The summed E-state index contributed by atoms with van der Waals surface area (Å²) in [6.07, 6.45) is -4.01. The molecule has 0 aliphatic carbocycles. The summed E-state index contributed by atoms with van der Waals surface area (Å²) in [5.41, 5.74) is 0.325. The molecule has 0 saturated carbocycles. The molecular weight excluding hydrogens is 348 g/mol. The van der Waals surface area contributed by atoms with Crippen LogP contribution < -0.4 is 9.47 Å². The van der Waals surface area contributed by atoms with Crippen LogP contribution in [0.5, 0.6) is 17.2 Å². The summed E-state index contributed by atoms with van der Waals surface area (Å²) < 4.78 is 54.3. The monoisotopic (exact) mass is 366 g/mol. The van der Waals surface area contributed by atoms with Gasteiger partial charge >= 0.3 is 12.1 Å². The number of alkyl halides is 3. The molecule has 0 atom stereocenters. The number of rotatable bonds is 6. The Morgan fingerprint density at radius 3 is 2.31 bits per heavy atom. The minimum Gasteiger partial charge on any atom is -0.493 e. The van der Waals surface area contributed by atoms with Crippen molar-refractivity contribution in [1.29, 1.82) is 0 Å². The smallest absolute Gasteiger partial charge is 0.416 e. The summed E-state index contributed by atoms with van der Waals surface area (Å²) >= 11 is 0. The highest BCUT2D eigenvalue weighted by Crippen LogP contribution is 2.37. The maximum Gasteiger partial charge on any atom is 0.416 e. The van der Waals surface area contributed by atoms with E-state index in [0.717, 1.165) is 12.1 Å². The average molecular weight is 366 g/mol. The lowest BCUT2D eigenvalue weighted by atomic mass is 9.94. The molecule has 0 radical (unpaired) electrons. The number of hydrogen-bond acceptors (Lipinski definition) is 4. The first kappa shape index (κ1) is 19.7. The normalized spacial score (nSPS) is 11.1. The molecule has 26 heavy (non-hydrogen) atoms. The zero-order valence-electron chi connectivity index (χ0n) is 14.6. The van der Waals surface area contributed by atoms with Crippen molar-refractivity contribution in [1.82, 2.24) is 0 Å². The van der Waals surface area contributed by atoms with Crippen LogP contribution in [0.3, 0.4) is 0 Å². The summed E-state index contributed by atoms with van der Waals surface area (Å²) in [5.74, 6) is 0.600. The van der Waals surface area contributed by atoms with Gasteiger partial charge in [0.2, 0.25) is 0 Å². The zero-order chi connectivity index (χ0) is 19.3. The van der Waals surface area contributed by atoms with Gasteiger partial charge in [-0.1, -0.05) is 12.4 Å². The van der Waals surface area contributed by atoms with Gasteiger partial charge in [0, 0.05) is 0 Å². The number of carbonyl (C=O) groups excluding carboxylic acids is 1. The van der Waals surface area contributed by atoms with Crippen molar-refractivity contribution in [2.75, 3.05) is 14.2 Å². The summed E-state index contributed by atoms with van der Waals surface area (Å²) in [6.45, 7) is 0. The fraction of sp³-hybridized carbons (Fsp3) is 0.278. The molecule has 0 saturated heterocycles. The molecule has 2 rings (SSSR count). The Morgan fingerprint density at radius 1 is 1.04 bits per heavy atom. The minimum atomic E-state index is -4.42. The molecule has 0 aliphatic rings. The first-order valence-electron chi connectivity index (χ1n) is 7.90. The van der Waals surface area contributed by atoms with Gasteiger partial charge in [-0.3, -0.25) is 4.79 Å². The average Bonchev–Trinajstić information content (AvgIpc) is 2.61. The molecule has 138 valence electrons. The second-order valence-electron chi connectivity index (χ2n) is 5.51. The summed E-state index contributed by atoms with van der Waals surface area (Å²) in [4.78, 5) is 11.4. The van der Waals surface area contributed by atoms with Gasteiger partial charge in [-0.05, 0) is 41.5 Å². The molecule has 0 bridgehead atoms. The Hall–Kier alpha value is -2.64. The summed E-state index contributed by atoms with van der Waals surface area (Å²) in [6, 6.07) is 8.25. The highest BCUT2D eigenvalue weighted by molar-refractivity contribution is 6.08. The first-order chi connectivity index (χ1) is 12.3. The van der Waals surface area contributed by atoms with Crippen molar-refractivity contribution in [2.24, 2.45) is 0 Å². The molecule has 0 unspecified atom stereocenters. The van der Waals surface area contributed by atoms with E-state index < -0.39 is 17.7 Å². The molecule has 0 spiro atoms. The molecule has 4 nitrogen and oxygen atoms in total. The number of esters is 1. The van der Waals surface area contributed by atoms with Crippen LogP contribution in [-0.2, 0) is 28.4 Å². The van der Waals surface area contributed by atoms with E-state index in [1.807, 2.05) is 0 Å². The molecule has 0 amide bonds. The Kier molecular flexibility index (Phi) is 6.18. The van der Waals surface area contributed by atoms with Gasteiger partial charge in [0.1, 0.15) is 13.6 Å². The lowest BCUT2D eigenvalue weighted by molar-refractivity contribution is -0.140. The van der Waals surface area contributed by atoms with Gasteiger partial charge in [-0.25, -0.2) is 0 Å². The van der Waals surface area contributed by atoms with E-state index in [1.54, 1.807) is 26.0 Å². The van der Waals surface area contributed by atoms with E-state index in [2.05, 4.69) is 4.74 Å². The maximum atomic E-state index is 12.9. The zero-order valence-corrected chi connectivity index (χ0v) is 14.6. The number of hydrogen-bond donors (Lipinski definition) is 0. The molecule has 0 aliphatic heterocycles. The predicted molar refractivity (Wildman–Crippen MR) is 92.5 cm³/mol. The van der Waals surface area contributed by atoms with Gasteiger partial charge < -0.3 is 14.2 Å². The molecular formula is C18H18BF3O4. The van der Waals surface area contributed by atoms with Crippen molar-refractivity contribution >= 4 is 13.8 Å². The van der Waals surface area contributed by atoms with E-state index in [9.17, 15) is 18.0 Å². The van der Waals surface area contributed by atoms with E-state index >= 15 is 0 Å². The molecule has 0 heterocycles. The van der Waals surface area contributed by atoms with Crippen molar-refractivity contribution in [3.8, 4) is 17.2 Å². The van der Waals surface area contributed by atoms with Crippen molar-refractivity contribution in [3.63, 3.8) is 0 Å². The van der Waals surface area contributed by atoms with Crippen LogP contribution in [0.1, 0.15) is 16.7 Å². The van der Waals surface area contributed by atoms with Crippen molar-refractivity contribution < 1.29 is 32.2 Å². The van der Waals surface area contributed by atoms with Crippen LogP contribution in [0.15, 0.2) is 36.4 Å². The second-order valence-corrected chi connectivity index (χ2v) is 5.51. The minimum absolute atomic E-state index is 0.0461. The van der Waals surface area contributed by atoms with Crippen LogP contribution in [-0.4, -0.2) is 28.0 Å². The first-order valence-corrected chi connectivity index (χ1v) is 7.90. The largest absolute Gasteiger partial charge is 0.493 e. The van der Waals surface area contributed by atoms with Crippen LogP contribution in [0.4, 0.5) is 13.2 Å². The van der Waals surface area contributed by atoms with Gasteiger partial charge in [0.15, 0.2) is 11.5 Å². The van der Waals surface area contributed by atoms with Crippen LogP contribution in [0.25, 0.3) is 0 Å². The van der Waals surface area contributed by atoms with E-state index in [1.165, 1.54) is 20.3 Å². The highest BCUT2D eigenvalue weighted by atomic mass is 19.4. The Morgan fingerprint density at radius 2 is 1.73 bits per heavy atom. The summed E-state index contributed by atoms with van der Waals surface area (Å²) in [5, 5.41) is 0. The molecule has 0 N–H and O–H groups in total. The summed E-state index contributed by atoms with van der Waals surface area (Å²) in [7, 11) is 4.49. The number of ether oxygens (including phenoxy) is 3. The van der Waals surface area contributed by atoms with Crippen LogP contribution >= 0.6 is 0 Å². The number of benzene rings is 2. The van der Waals surface area contributed by atoms with Crippen molar-refractivity contribution in [2.45, 2.75) is 18.9 Å². The number of carbonyl (C=O) groups is 1. The van der Waals surface area contributed by atoms with Crippen LogP contribution in [0.2, 0.25) is 0 Å². The van der Waals surface area contributed by atoms with E-state index in [-0.39, 0.29) is 6.42 Å². The maximum absolute atomic E-state index is 12.9. The lowest BCUT2D eigenvalue weighted by Gasteiger charge is -2.16. The predicted octanol–water partition coefficient (Wildman–Crippen LogP) is 3.35. The van der Waals surface area contributed by atoms with E-state index in [4.69, 9.17) is 9.47 Å². The second kappa shape index (κ2) is 8.16. The standard InChI is InChI=1S/C18H18BF3O4/c1-24-15-5-3-11(8-17(23)25-2)7-16(15)26-14-6-4-13(18(20,21)22)9-12(14)10-19/h3-7,9H,8,10,19H2,1-2H3. The Bertz CT molecular complexity index is 790. The quantitative estimate of drug-likeness (QED) is 0.581. The van der Waals surface area contributed by atoms with Gasteiger partial charge in [-0.15, -0.1) is 0 Å². The highest BCUT2D eigenvalue weighted by Gasteiger charge is 2.31. The number of methoxy groups -OCH3 is 2. The lowest BCUT2D eigenvalue weighted by Crippen LogP contribution is -2.07. The number of halogens is 3. The molecule has 2 aromatic rings. The molecule has 0 aromatic heterocycles. The van der Waals surface area contributed by atoms with Gasteiger partial charge in [0.25, 0.3) is 0 Å². The Labute approximate surface area is 150 Å². The van der Waals surface area contributed by atoms with E-state index in [0.29, 0.717) is 34.7 Å². The van der Waals surface area contributed by atoms with Gasteiger partial charge in [-0.2, -0.15) is 13.2 Å². The SMILES string of the molecule is BCc1cc(C(F)(F)F)ccc1Oc1cc(CC(=O)OC)ccc1OC. The third-order valence-corrected chi connectivity index (χ3v) is 3.79. The third-order valence-electron chi connectivity index (χ3n) is 3.79. The molecule has 2 aromatic carbocycles. The third kappa shape index (κ3) is 4.71. The molecule has 0 fully saturated rings. The van der Waals surface area contributed by atoms with Crippen molar-refractivity contribution in [3.05, 3.63) is 53.1 Å².